The molecule has 0 amide bonds. The van der Waals surface area contributed by atoms with Crippen molar-refractivity contribution in [2.45, 2.75) is 25.5 Å². The van der Waals surface area contributed by atoms with Crippen molar-refractivity contribution in [3.8, 4) is 0 Å². The largest absolute Gasteiger partial charge is 0.283 e. The lowest BCUT2D eigenvalue weighted by molar-refractivity contribution is 0.593. The van der Waals surface area contributed by atoms with Crippen LogP contribution in [0.3, 0.4) is 0 Å². The van der Waals surface area contributed by atoms with Crippen molar-refractivity contribution >= 4 is 31.6 Å². The van der Waals surface area contributed by atoms with Gasteiger partial charge in [0.05, 0.1) is 5.25 Å². The number of nitrogens with one attached hydrogen (secondary N) is 1. The highest BCUT2D eigenvalue weighted by molar-refractivity contribution is 9.09. The van der Waals surface area contributed by atoms with E-state index in [4.69, 9.17) is 0 Å². The van der Waals surface area contributed by atoms with Gasteiger partial charge in [-0.3, -0.25) is 4.72 Å². The van der Waals surface area contributed by atoms with Gasteiger partial charge in [-0.05, 0) is 38.0 Å². The molecule has 90 valence electrons. The topological polar surface area (TPSA) is 46.2 Å². The number of aryl methyl sites for hydroxylation is 1. The van der Waals surface area contributed by atoms with Crippen LogP contribution in [0.25, 0.3) is 0 Å². The van der Waals surface area contributed by atoms with Gasteiger partial charge in [0.15, 0.2) is 0 Å². The van der Waals surface area contributed by atoms with E-state index in [1.807, 2.05) is 12.1 Å². The summed E-state index contributed by atoms with van der Waals surface area (Å²) in [7, 11) is -3.24. The van der Waals surface area contributed by atoms with E-state index in [2.05, 4.69) is 20.7 Å². The molecule has 0 aliphatic heterocycles. The minimum absolute atomic E-state index is 0.422. The first kappa shape index (κ1) is 13.5. The lowest BCUT2D eigenvalue weighted by atomic mass is 10.2. The van der Waals surface area contributed by atoms with Crippen LogP contribution in [-0.4, -0.2) is 19.0 Å². The molecule has 0 fully saturated rings. The van der Waals surface area contributed by atoms with Crippen molar-refractivity contribution in [3.63, 3.8) is 0 Å². The van der Waals surface area contributed by atoms with E-state index in [9.17, 15) is 8.42 Å². The summed E-state index contributed by atoms with van der Waals surface area (Å²) in [5.41, 5.74) is 1.80. The molecule has 1 rings (SSSR count). The molecule has 0 aliphatic rings. The summed E-state index contributed by atoms with van der Waals surface area (Å²) < 4.78 is 25.7. The summed E-state index contributed by atoms with van der Waals surface area (Å²) in [5.74, 6) is 0. The number of anilines is 1. The minimum Gasteiger partial charge on any atom is -0.283 e. The molecule has 0 saturated carbocycles. The van der Waals surface area contributed by atoms with E-state index < -0.39 is 15.3 Å². The third-order valence-corrected chi connectivity index (χ3v) is 4.38. The summed E-state index contributed by atoms with van der Waals surface area (Å²) >= 11 is 3.36. The molecule has 0 atom stereocenters. The van der Waals surface area contributed by atoms with Gasteiger partial charge in [-0.15, -0.1) is 0 Å². The summed E-state index contributed by atoms with van der Waals surface area (Å²) in [6.07, 6.45) is 0.942. The lowest BCUT2D eigenvalue weighted by Gasteiger charge is -2.10. The number of sulfonamides is 1. The molecule has 0 aromatic heterocycles. The molecule has 1 N–H and O–H groups in total. The molecule has 0 bridgehead atoms. The molecule has 3 nitrogen and oxygen atoms in total. The van der Waals surface area contributed by atoms with E-state index in [0.717, 1.165) is 11.8 Å². The lowest BCUT2D eigenvalue weighted by Crippen LogP contribution is -2.22. The third-order valence-electron chi connectivity index (χ3n) is 2.22. The number of alkyl halides is 1. The highest BCUT2D eigenvalue weighted by atomic mass is 79.9. The predicted octanol–water partition coefficient (Wildman–Crippen LogP) is 2.77. The van der Waals surface area contributed by atoms with Crippen LogP contribution < -0.4 is 4.72 Å². The number of halogens is 1. The van der Waals surface area contributed by atoms with Gasteiger partial charge in [0.25, 0.3) is 0 Å². The van der Waals surface area contributed by atoms with Crippen molar-refractivity contribution in [1.82, 2.24) is 0 Å². The average molecular weight is 306 g/mol. The zero-order valence-corrected chi connectivity index (χ0v) is 11.8. The van der Waals surface area contributed by atoms with Gasteiger partial charge < -0.3 is 0 Å². The van der Waals surface area contributed by atoms with Crippen molar-refractivity contribution in [1.29, 1.82) is 0 Å². The fourth-order valence-corrected chi connectivity index (χ4v) is 2.29. The number of hydrogen-bond donors (Lipinski definition) is 1. The average Bonchev–Trinajstić information content (AvgIpc) is 2.21. The first-order chi connectivity index (χ1) is 7.45. The Morgan fingerprint density at radius 2 is 1.81 bits per heavy atom. The fourth-order valence-electron chi connectivity index (χ4n) is 1.13. The maximum absolute atomic E-state index is 11.6. The van der Waals surface area contributed by atoms with Crippen LogP contribution in [0.2, 0.25) is 0 Å². The Hall–Kier alpha value is -0.550. The first-order valence-electron chi connectivity index (χ1n) is 5.12. The fraction of sp³-hybridized carbons (Fsp3) is 0.455. The van der Waals surface area contributed by atoms with Crippen LogP contribution in [0, 0.1) is 0 Å². The van der Waals surface area contributed by atoms with Crippen LogP contribution in [-0.2, 0) is 16.4 Å². The van der Waals surface area contributed by atoms with Gasteiger partial charge in [0, 0.05) is 11.0 Å². The highest BCUT2D eigenvalue weighted by Crippen LogP contribution is 2.14. The van der Waals surface area contributed by atoms with Gasteiger partial charge in [-0.2, -0.15) is 0 Å². The van der Waals surface area contributed by atoms with Crippen molar-refractivity contribution in [2.75, 3.05) is 10.1 Å². The Labute approximate surface area is 105 Å². The van der Waals surface area contributed by atoms with Crippen LogP contribution in [0.4, 0.5) is 5.69 Å². The summed E-state index contributed by atoms with van der Waals surface area (Å²) in [5, 5.41) is 0.485. The second kappa shape index (κ2) is 5.68. The van der Waals surface area contributed by atoms with Gasteiger partial charge in [-0.25, -0.2) is 8.42 Å². The Kier molecular flexibility index (Phi) is 4.80. The van der Waals surface area contributed by atoms with Crippen molar-refractivity contribution < 1.29 is 8.42 Å². The van der Waals surface area contributed by atoms with Crippen molar-refractivity contribution in [3.05, 3.63) is 29.8 Å². The number of rotatable bonds is 5. The van der Waals surface area contributed by atoms with Crippen LogP contribution in [0.15, 0.2) is 24.3 Å². The Morgan fingerprint density at radius 1 is 1.25 bits per heavy atom. The van der Waals surface area contributed by atoms with Gasteiger partial charge >= 0.3 is 0 Å². The quantitative estimate of drug-likeness (QED) is 0.850. The third kappa shape index (κ3) is 3.79. The van der Waals surface area contributed by atoms with Crippen LogP contribution in [0.5, 0.6) is 0 Å². The molecule has 0 saturated heterocycles. The van der Waals surface area contributed by atoms with Crippen molar-refractivity contribution in [2.24, 2.45) is 0 Å². The molecule has 0 aliphatic carbocycles. The molecule has 0 heterocycles. The van der Waals surface area contributed by atoms with E-state index in [1.165, 1.54) is 5.56 Å². The molecule has 5 heteroatoms. The minimum atomic E-state index is -3.24. The normalized spacial score (nSPS) is 11.8. The Morgan fingerprint density at radius 3 is 2.25 bits per heavy atom. The molecule has 16 heavy (non-hydrogen) atoms. The molecular formula is C11H16BrNO2S. The zero-order valence-electron chi connectivity index (χ0n) is 9.40. The molecule has 0 radical (unpaired) electrons. The summed E-state index contributed by atoms with van der Waals surface area (Å²) in [4.78, 5) is 0. The van der Waals surface area contributed by atoms with E-state index in [0.29, 0.717) is 5.69 Å². The molecular weight excluding hydrogens is 290 g/mol. The first-order valence-corrected chi connectivity index (χ1v) is 7.79. The van der Waals surface area contributed by atoms with E-state index in [1.54, 1.807) is 26.0 Å². The zero-order chi connectivity index (χ0) is 12.2. The van der Waals surface area contributed by atoms with E-state index in [-0.39, 0.29) is 0 Å². The maximum atomic E-state index is 11.6. The maximum Gasteiger partial charge on any atom is 0.235 e. The van der Waals surface area contributed by atoms with Crippen LogP contribution in [0.1, 0.15) is 19.4 Å². The Balaban J connectivity index is 2.76. The molecule has 0 spiro atoms. The van der Waals surface area contributed by atoms with Gasteiger partial charge in [-0.1, -0.05) is 28.1 Å². The standard InChI is InChI=1S/C11H16BrNO2S/c1-9(2)16(14,15)13-11-5-3-10(4-6-11)7-8-12/h3-6,9,13H,7-8H2,1-2H3. The monoisotopic (exact) mass is 305 g/mol. The molecule has 1 aromatic carbocycles. The predicted molar refractivity (Wildman–Crippen MR) is 71.6 cm³/mol. The highest BCUT2D eigenvalue weighted by Gasteiger charge is 2.14. The number of benzene rings is 1. The smallest absolute Gasteiger partial charge is 0.235 e. The van der Waals surface area contributed by atoms with E-state index >= 15 is 0 Å². The van der Waals surface area contributed by atoms with Gasteiger partial charge in [0.1, 0.15) is 0 Å². The SMILES string of the molecule is CC(C)S(=O)(=O)Nc1ccc(CCBr)cc1. The van der Waals surface area contributed by atoms with Crippen LogP contribution >= 0.6 is 15.9 Å². The molecule has 0 unspecified atom stereocenters. The summed E-state index contributed by atoms with van der Waals surface area (Å²) in [6, 6.07) is 7.44. The Bertz CT molecular complexity index is 426. The second-order valence-electron chi connectivity index (χ2n) is 3.83. The number of hydrogen-bond acceptors (Lipinski definition) is 2. The molecule has 1 aromatic rings. The van der Waals surface area contributed by atoms with Gasteiger partial charge in [0.2, 0.25) is 10.0 Å². The summed E-state index contributed by atoms with van der Waals surface area (Å²) in [6.45, 7) is 3.31. The second-order valence-corrected chi connectivity index (χ2v) is 6.86.